The highest BCUT2D eigenvalue weighted by Crippen LogP contribution is 2.49. The molecule has 4 nitrogen and oxygen atoms in total. The number of hydrogen-bond acceptors (Lipinski definition) is 4. The van der Waals surface area contributed by atoms with Gasteiger partial charge in [-0.15, -0.1) is 0 Å². The average molecular weight is 278 g/mol. The minimum atomic E-state index is -1.15. The van der Waals surface area contributed by atoms with E-state index in [2.05, 4.69) is 12.7 Å². The van der Waals surface area contributed by atoms with Crippen LogP contribution in [-0.4, -0.2) is 25.2 Å². The van der Waals surface area contributed by atoms with Crippen molar-refractivity contribution in [1.29, 1.82) is 0 Å². The monoisotopic (exact) mass is 278 g/mol. The van der Waals surface area contributed by atoms with Crippen LogP contribution in [-0.2, 0) is 19.1 Å². The fourth-order valence-corrected chi connectivity index (χ4v) is 3.16. The molecule has 1 unspecified atom stereocenters. The molecule has 0 aromatic heterocycles. The smallest absolute Gasteiger partial charge is 0.323 e. The Morgan fingerprint density at radius 2 is 1.90 bits per heavy atom. The highest BCUT2D eigenvalue weighted by molar-refractivity contribution is 6.00. The van der Waals surface area contributed by atoms with E-state index in [9.17, 15) is 9.59 Å². The summed E-state index contributed by atoms with van der Waals surface area (Å²) in [5.74, 6) is -0.771. The van der Waals surface area contributed by atoms with E-state index in [1.807, 2.05) is 0 Å². The lowest BCUT2D eigenvalue weighted by Gasteiger charge is -2.37. The number of esters is 2. The summed E-state index contributed by atoms with van der Waals surface area (Å²) in [4.78, 5) is 24.7. The van der Waals surface area contributed by atoms with Gasteiger partial charge in [0.25, 0.3) is 0 Å². The Balaban J connectivity index is 2.28. The Kier molecular flexibility index (Phi) is 4.31. The standard InChI is InChI=1S/C16H22O4/c1-4-19-14(17)16(15(18)20-5-2)9-8-12-7-6-11(3)13(12)10-16/h7,13H,3-6,8-10H2,1-2H3. The summed E-state index contributed by atoms with van der Waals surface area (Å²) in [5, 5.41) is 0. The van der Waals surface area contributed by atoms with Crippen LogP contribution in [0.5, 0.6) is 0 Å². The van der Waals surface area contributed by atoms with E-state index in [4.69, 9.17) is 9.47 Å². The molecule has 0 radical (unpaired) electrons. The fourth-order valence-electron chi connectivity index (χ4n) is 3.16. The van der Waals surface area contributed by atoms with Gasteiger partial charge < -0.3 is 9.47 Å². The van der Waals surface area contributed by atoms with Crippen LogP contribution in [0.25, 0.3) is 0 Å². The number of allylic oxidation sites excluding steroid dienone is 3. The van der Waals surface area contributed by atoms with Crippen molar-refractivity contribution in [1.82, 2.24) is 0 Å². The average Bonchev–Trinajstić information content (AvgIpc) is 2.80. The van der Waals surface area contributed by atoms with Gasteiger partial charge in [0, 0.05) is 5.92 Å². The molecule has 0 spiro atoms. The third-order valence-corrected chi connectivity index (χ3v) is 4.29. The molecule has 1 saturated carbocycles. The predicted molar refractivity (Wildman–Crippen MR) is 74.9 cm³/mol. The Labute approximate surface area is 119 Å². The maximum Gasteiger partial charge on any atom is 0.323 e. The summed E-state index contributed by atoms with van der Waals surface area (Å²) in [6.07, 6.45) is 4.67. The fraction of sp³-hybridized carbons (Fsp3) is 0.625. The summed E-state index contributed by atoms with van der Waals surface area (Å²) in [5.41, 5.74) is 1.23. The van der Waals surface area contributed by atoms with Gasteiger partial charge in [0.1, 0.15) is 0 Å². The number of fused-ring (bicyclic) bond motifs is 1. The zero-order valence-corrected chi connectivity index (χ0v) is 12.2. The summed E-state index contributed by atoms with van der Waals surface area (Å²) in [6.45, 7) is 8.10. The van der Waals surface area contributed by atoms with Crippen molar-refractivity contribution in [2.45, 2.75) is 39.5 Å². The number of carbonyl (C=O) groups is 2. The normalized spacial score (nSPS) is 23.8. The molecule has 2 aliphatic carbocycles. The van der Waals surface area contributed by atoms with E-state index in [0.717, 1.165) is 18.4 Å². The molecule has 0 aliphatic heterocycles. The van der Waals surface area contributed by atoms with E-state index < -0.39 is 17.4 Å². The zero-order chi connectivity index (χ0) is 14.8. The van der Waals surface area contributed by atoms with Crippen LogP contribution in [0.3, 0.4) is 0 Å². The van der Waals surface area contributed by atoms with Gasteiger partial charge in [-0.25, -0.2) is 0 Å². The molecule has 0 heterocycles. The molecule has 0 amide bonds. The van der Waals surface area contributed by atoms with Gasteiger partial charge in [0.2, 0.25) is 0 Å². The molecule has 1 fully saturated rings. The maximum absolute atomic E-state index is 12.4. The van der Waals surface area contributed by atoms with Crippen molar-refractivity contribution < 1.29 is 19.1 Å². The highest BCUT2D eigenvalue weighted by atomic mass is 16.6. The second-order valence-corrected chi connectivity index (χ2v) is 5.42. The molecule has 0 aromatic rings. The lowest BCUT2D eigenvalue weighted by atomic mass is 9.67. The van der Waals surface area contributed by atoms with E-state index in [0.29, 0.717) is 12.8 Å². The third kappa shape index (κ3) is 2.39. The highest BCUT2D eigenvalue weighted by Gasteiger charge is 2.53. The SMILES string of the molecule is C=C1CC=C2CCC(C(=O)OCC)(C(=O)OCC)CC12. The van der Waals surface area contributed by atoms with Gasteiger partial charge in [0.15, 0.2) is 5.41 Å². The molecule has 1 atom stereocenters. The summed E-state index contributed by atoms with van der Waals surface area (Å²) < 4.78 is 10.3. The van der Waals surface area contributed by atoms with Crippen molar-refractivity contribution >= 4 is 11.9 Å². The Morgan fingerprint density at radius 1 is 1.30 bits per heavy atom. The first-order valence-corrected chi connectivity index (χ1v) is 7.26. The van der Waals surface area contributed by atoms with Crippen LogP contribution in [0.4, 0.5) is 0 Å². The molecule has 2 aliphatic rings. The second kappa shape index (κ2) is 5.81. The Bertz CT molecular complexity index is 443. The van der Waals surface area contributed by atoms with Gasteiger partial charge in [-0.1, -0.05) is 23.8 Å². The predicted octanol–water partition coefficient (Wildman–Crippen LogP) is 2.79. The lowest BCUT2D eigenvalue weighted by molar-refractivity contribution is -0.174. The van der Waals surface area contributed by atoms with Crippen molar-refractivity contribution in [2.24, 2.45) is 11.3 Å². The zero-order valence-electron chi connectivity index (χ0n) is 12.2. The first-order valence-electron chi connectivity index (χ1n) is 7.26. The first-order chi connectivity index (χ1) is 9.55. The van der Waals surface area contributed by atoms with Gasteiger partial charge in [-0.2, -0.15) is 0 Å². The minimum absolute atomic E-state index is 0.123. The van der Waals surface area contributed by atoms with Crippen LogP contribution in [0.2, 0.25) is 0 Å². The quantitative estimate of drug-likeness (QED) is 0.451. The van der Waals surface area contributed by atoms with Crippen LogP contribution in [0.15, 0.2) is 23.8 Å². The molecular formula is C16H22O4. The van der Waals surface area contributed by atoms with E-state index >= 15 is 0 Å². The van der Waals surface area contributed by atoms with Crippen LogP contribution >= 0.6 is 0 Å². The molecule has 0 N–H and O–H groups in total. The maximum atomic E-state index is 12.4. The van der Waals surface area contributed by atoms with Gasteiger partial charge in [0.05, 0.1) is 13.2 Å². The van der Waals surface area contributed by atoms with Crippen molar-refractivity contribution in [2.75, 3.05) is 13.2 Å². The second-order valence-electron chi connectivity index (χ2n) is 5.42. The van der Waals surface area contributed by atoms with E-state index in [1.165, 1.54) is 5.57 Å². The minimum Gasteiger partial charge on any atom is -0.465 e. The summed E-state index contributed by atoms with van der Waals surface area (Å²) in [7, 11) is 0. The van der Waals surface area contributed by atoms with E-state index in [1.54, 1.807) is 13.8 Å². The number of rotatable bonds is 4. The van der Waals surface area contributed by atoms with Crippen LogP contribution in [0.1, 0.15) is 39.5 Å². The Hall–Kier alpha value is -1.58. The summed E-state index contributed by atoms with van der Waals surface area (Å²) in [6, 6.07) is 0. The summed E-state index contributed by atoms with van der Waals surface area (Å²) >= 11 is 0. The number of carbonyl (C=O) groups excluding carboxylic acids is 2. The molecule has 0 aromatic carbocycles. The molecule has 110 valence electrons. The van der Waals surface area contributed by atoms with Gasteiger partial charge >= 0.3 is 11.9 Å². The molecule has 2 rings (SSSR count). The van der Waals surface area contributed by atoms with Crippen LogP contribution in [0, 0.1) is 11.3 Å². The third-order valence-electron chi connectivity index (χ3n) is 4.29. The van der Waals surface area contributed by atoms with Crippen LogP contribution < -0.4 is 0 Å². The molecular weight excluding hydrogens is 256 g/mol. The van der Waals surface area contributed by atoms with Gasteiger partial charge in [-0.3, -0.25) is 9.59 Å². The first kappa shape index (κ1) is 14.8. The van der Waals surface area contributed by atoms with Crippen molar-refractivity contribution in [3.8, 4) is 0 Å². The van der Waals surface area contributed by atoms with Gasteiger partial charge in [-0.05, 0) is 39.5 Å². The van der Waals surface area contributed by atoms with Crippen molar-refractivity contribution in [3.63, 3.8) is 0 Å². The molecule has 0 saturated heterocycles. The molecule has 0 bridgehead atoms. The Morgan fingerprint density at radius 3 is 2.45 bits per heavy atom. The molecule has 20 heavy (non-hydrogen) atoms. The number of ether oxygens (including phenoxy) is 2. The lowest BCUT2D eigenvalue weighted by Crippen LogP contribution is -2.46. The largest absolute Gasteiger partial charge is 0.465 e. The topological polar surface area (TPSA) is 52.6 Å². The molecule has 4 heteroatoms. The van der Waals surface area contributed by atoms with Crippen molar-refractivity contribution in [3.05, 3.63) is 23.8 Å². The number of hydrogen-bond donors (Lipinski definition) is 0. The van der Waals surface area contributed by atoms with E-state index in [-0.39, 0.29) is 19.1 Å².